The average molecular weight is 438 g/mol. The predicted molar refractivity (Wildman–Crippen MR) is 134 cm³/mol. The fraction of sp³-hybridized carbons (Fsp3) is 0. The van der Waals surface area contributed by atoms with Crippen LogP contribution < -0.4 is 27.4 Å². The number of rotatable bonds is 6. The Morgan fingerprint density at radius 2 is 0.758 bits per heavy atom. The molecule has 0 spiro atoms. The van der Waals surface area contributed by atoms with Crippen LogP contribution in [-0.4, -0.2) is 11.8 Å². The lowest BCUT2D eigenvalue weighted by atomic mass is 10.2. The van der Waals surface area contributed by atoms with Gasteiger partial charge >= 0.3 is 0 Å². The van der Waals surface area contributed by atoms with Crippen molar-refractivity contribution in [3.05, 3.63) is 108 Å². The average Bonchev–Trinajstić information content (AvgIpc) is 2.82. The van der Waals surface area contributed by atoms with Crippen molar-refractivity contribution < 1.29 is 9.59 Å². The van der Waals surface area contributed by atoms with Gasteiger partial charge in [0.1, 0.15) is 0 Å². The Morgan fingerprint density at radius 1 is 0.455 bits per heavy atom. The summed E-state index contributed by atoms with van der Waals surface area (Å²) in [5.74, 6) is -0.403. The maximum absolute atomic E-state index is 12.3. The Bertz CT molecular complexity index is 1150. The van der Waals surface area contributed by atoms with E-state index in [1.807, 2.05) is 48.5 Å². The van der Waals surface area contributed by atoms with Crippen LogP contribution in [0.25, 0.3) is 0 Å². The van der Waals surface area contributed by atoms with Crippen LogP contribution in [0.15, 0.2) is 97.1 Å². The van der Waals surface area contributed by atoms with Crippen molar-refractivity contribution in [1.82, 2.24) is 0 Å². The van der Waals surface area contributed by atoms with Crippen molar-refractivity contribution in [3.63, 3.8) is 0 Å². The molecule has 164 valence electrons. The number of carbonyl (C=O) groups is 2. The van der Waals surface area contributed by atoms with Crippen LogP contribution in [0.5, 0.6) is 0 Å². The first kappa shape index (κ1) is 21.5. The highest BCUT2D eigenvalue weighted by atomic mass is 16.2. The van der Waals surface area contributed by atoms with Gasteiger partial charge in [-0.2, -0.15) is 0 Å². The molecule has 0 heterocycles. The summed E-state index contributed by atoms with van der Waals surface area (Å²) in [6, 6.07) is 28.3. The summed E-state index contributed by atoms with van der Waals surface area (Å²) >= 11 is 0. The van der Waals surface area contributed by atoms with E-state index in [0.717, 1.165) is 11.4 Å². The van der Waals surface area contributed by atoms with Crippen molar-refractivity contribution >= 4 is 45.9 Å². The molecule has 0 bridgehead atoms. The molecule has 33 heavy (non-hydrogen) atoms. The van der Waals surface area contributed by atoms with E-state index in [4.69, 9.17) is 11.5 Å². The molecular formula is C26H23N5O2. The molecule has 0 saturated carbocycles. The highest BCUT2D eigenvalue weighted by Crippen LogP contribution is 2.21. The number of hydrogen-bond donors (Lipinski definition) is 5. The molecule has 0 atom stereocenters. The summed E-state index contributed by atoms with van der Waals surface area (Å²) in [4.78, 5) is 24.6. The number of benzene rings is 4. The van der Waals surface area contributed by atoms with Crippen molar-refractivity contribution in [3.8, 4) is 0 Å². The molecule has 7 heteroatoms. The highest BCUT2D eigenvalue weighted by molar-refractivity contribution is 6.05. The molecule has 0 aromatic heterocycles. The summed E-state index contributed by atoms with van der Waals surface area (Å²) in [7, 11) is 0. The van der Waals surface area contributed by atoms with Gasteiger partial charge in [0.2, 0.25) is 0 Å². The van der Waals surface area contributed by atoms with Crippen LogP contribution in [0, 0.1) is 0 Å². The molecule has 4 aromatic carbocycles. The zero-order valence-electron chi connectivity index (χ0n) is 17.7. The van der Waals surface area contributed by atoms with E-state index in [-0.39, 0.29) is 11.8 Å². The second-order valence-electron chi connectivity index (χ2n) is 7.43. The lowest BCUT2D eigenvalue weighted by molar-refractivity contribution is 0.101. The zero-order chi connectivity index (χ0) is 23.2. The van der Waals surface area contributed by atoms with Crippen LogP contribution in [0.1, 0.15) is 20.7 Å². The molecule has 0 aliphatic rings. The largest absolute Gasteiger partial charge is 0.399 e. The molecule has 0 saturated heterocycles. The number of hydrogen-bond acceptors (Lipinski definition) is 5. The molecule has 2 amide bonds. The Morgan fingerprint density at radius 3 is 1.09 bits per heavy atom. The van der Waals surface area contributed by atoms with E-state index < -0.39 is 0 Å². The van der Waals surface area contributed by atoms with E-state index >= 15 is 0 Å². The van der Waals surface area contributed by atoms with E-state index in [2.05, 4.69) is 16.0 Å². The lowest BCUT2D eigenvalue weighted by Crippen LogP contribution is -2.11. The van der Waals surface area contributed by atoms with E-state index in [0.29, 0.717) is 33.9 Å². The SMILES string of the molecule is Nc1ccc(C(=O)Nc2ccc(Nc3ccc(NC(=O)c4ccc(N)cc4)cc3)cc2)cc1. The summed E-state index contributed by atoms with van der Waals surface area (Å²) < 4.78 is 0. The Kier molecular flexibility index (Phi) is 6.22. The van der Waals surface area contributed by atoms with Gasteiger partial charge in [-0.1, -0.05) is 0 Å². The third-order valence-corrected chi connectivity index (χ3v) is 4.92. The summed E-state index contributed by atoms with van der Waals surface area (Å²) in [6.45, 7) is 0. The van der Waals surface area contributed by atoms with Gasteiger partial charge in [-0.3, -0.25) is 9.59 Å². The van der Waals surface area contributed by atoms with Gasteiger partial charge in [-0.05, 0) is 97.1 Å². The summed E-state index contributed by atoms with van der Waals surface area (Å²) in [5, 5.41) is 9.00. The molecule has 4 aromatic rings. The van der Waals surface area contributed by atoms with Gasteiger partial charge in [0.05, 0.1) is 0 Å². The number of carbonyl (C=O) groups excluding carboxylic acids is 2. The van der Waals surface area contributed by atoms with Crippen molar-refractivity contribution in [2.45, 2.75) is 0 Å². The van der Waals surface area contributed by atoms with Crippen LogP contribution in [0.3, 0.4) is 0 Å². The van der Waals surface area contributed by atoms with Crippen molar-refractivity contribution in [2.24, 2.45) is 0 Å². The molecule has 0 radical (unpaired) electrons. The first-order valence-corrected chi connectivity index (χ1v) is 10.3. The standard InChI is InChI=1S/C26H23N5O2/c27-19-5-1-17(2-6-19)25(32)30-23-13-9-21(10-14-23)29-22-11-15-24(16-12-22)31-26(33)18-3-7-20(28)8-4-18/h1-16,29H,27-28H2,(H,30,32)(H,31,33). The maximum atomic E-state index is 12.3. The number of nitrogen functional groups attached to an aromatic ring is 2. The van der Waals surface area contributed by atoms with Crippen LogP contribution in [0.4, 0.5) is 34.1 Å². The summed E-state index contributed by atoms with van der Waals surface area (Å²) in [5.41, 5.74) is 16.7. The van der Waals surface area contributed by atoms with E-state index in [1.165, 1.54) is 0 Å². The van der Waals surface area contributed by atoms with Crippen LogP contribution >= 0.6 is 0 Å². The lowest BCUT2D eigenvalue weighted by Gasteiger charge is -2.10. The fourth-order valence-electron chi connectivity index (χ4n) is 3.12. The molecule has 7 N–H and O–H groups in total. The molecule has 7 nitrogen and oxygen atoms in total. The predicted octanol–water partition coefficient (Wildman–Crippen LogP) is 5.10. The van der Waals surface area contributed by atoms with Gasteiger partial charge in [0.25, 0.3) is 11.8 Å². The van der Waals surface area contributed by atoms with Gasteiger partial charge in [-0.15, -0.1) is 0 Å². The quantitative estimate of drug-likeness (QED) is 0.269. The van der Waals surface area contributed by atoms with Gasteiger partial charge in [-0.25, -0.2) is 0 Å². The minimum absolute atomic E-state index is 0.202. The first-order chi connectivity index (χ1) is 16.0. The third kappa shape index (κ3) is 5.68. The molecule has 0 aliphatic carbocycles. The van der Waals surface area contributed by atoms with Gasteiger partial charge in [0.15, 0.2) is 0 Å². The molecule has 4 rings (SSSR count). The minimum Gasteiger partial charge on any atom is -0.399 e. The third-order valence-electron chi connectivity index (χ3n) is 4.92. The Labute approximate surface area is 191 Å². The van der Waals surface area contributed by atoms with E-state index in [9.17, 15) is 9.59 Å². The minimum atomic E-state index is -0.202. The van der Waals surface area contributed by atoms with Gasteiger partial charge in [0, 0.05) is 45.3 Å². The highest BCUT2D eigenvalue weighted by Gasteiger charge is 2.07. The van der Waals surface area contributed by atoms with Gasteiger partial charge < -0.3 is 27.4 Å². The molecule has 0 fully saturated rings. The van der Waals surface area contributed by atoms with Crippen molar-refractivity contribution in [1.29, 1.82) is 0 Å². The van der Waals surface area contributed by atoms with Crippen LogP contribution in [-0.2, 0) is 0 Å². The normalized spacial score (nSPS) is 10.3. The molecular weight excluding hydrogens is 414 g/mol. The number of nitrogens with two attached hydrogens (primary N) is 2. The second kappa shape index (κ2) is 9.57. The smallest absolute Gasteiger partial charge is 0.255 e. The number of amides is 2. The topological polar surface area (TPSA) is 122 Å². The zero-order valence-corrected chi connectivity index (χ0v) is 17.7. The maximum Gasteiger partial charge on any atom is 0.255 e. The number of nitrogens with one attached hydrogen (secondary N) is 3. The number of anilines is 6. The summed E-state index contributed by atoms with van der Waals surface area (Å²) in [6.07, 6.45) is 0. The molecule has 0 aliphatic heterocycles. The van der Waals surface area contributed by atoms with E-state index in [1.54, 1.807) is 48.5 Å². The Balaban J connectivity index is 1.33. The Hall–Kier alpha value is -4.78. The van der Waals surface area contributed by atoms with Crippen LogP contribution in [0.2, 0.25) is 0 Å². The second-order valence-corrected chi connectivity index (χ2v) is 7.43. The fourth-order valence-corrected chi connectivity index (χ4v) is 3.12. The molecule has 0 unspecified atom stereocenters. The first-order valence-electron chi connectivity index (χ1n) is 10.3. The van der Waals surface area contributed by atoms with Crippen molar-refractivity contribution in [2.75, 3.05) is 27.4 Å². The monoisotopic (exact) mass is 437 g/mol.